The van der Waals surface area contributed by atoms with E-state index in [4.69, 9.17) is 0 Å². The van der Waals surface area contributed by atoms with Crippen molar-refractivity contribution < 1.29 is 8.42 Å². The molecular formula is C17H25NO2S. The Kier molecular flexibility index (Phi) is 4.10. The number of aryl methyl sites for hydroxylation is 2. The Labute approximate surface area is 128 Å². The van der Waals surface area contributed by atoms with Gasteiger partial charge in [-0.3, -0.25) is 0 Å². The summed E-state index contributed by atoms with van der Waals surface area (Å²) in [6.45, 7) is 4.55. The molecule has 1 aromatic carbocycles. The summed E-state index contributed by atoms with van der Waals surface area (Å²) in [7, 11) is -3.35. The average Bonchev–Trinajstić information content (AvgIpc) is 2.49. The molecule has 2 unspecified atom stereocenters. The Balaban J connectivity index is 1.98. The minimum Gasteiger partial charge on any atom is -0.207 e. The highest BCUT2D eigenvalue weighted by molar-refractivity contribution is 7.89. The third-order valence-electron chi connectivity index (χ3n) is 5.12. The molecule has 0 radical (unpaired) electrons. The summed E-state index contributed by atoms with van der Waals surface area (Å²) in [6, 6.07) is 5.97. The zero-order valence-electron chi connectivity index (χ0n) is 13.0. The lowest BCUT2D eigenvalue weighted by molar-refractivity contribution is 0.129. The molecule has 1 saturated heterocycles. The van der Waals surface area contributed by atoms with E-state index in [-0.39, 0.29) is 6.04 Å². The zero-order valence-corrected chi connectivity index (χ0v) is 13.8. The molecule has 2 fully saturated rings. The summed E-state index contributed by atoms with van der Waals surface area (Å²) >= 11 is 0. The molecule has 0 bridgehead atoms. The standard InChI is InChI=1S/C17H25NO2S/c1-13-9-10-14(2)17(12-13)21(19,20)18-11-5-7-15-6-3-4-8-16(15)18/h9-10,12,15-16H,3-8,11H2,1-2H3. The van der Waals surface area contributed by atoms with Gasteiger partial charge in [-0.25, -0.2) is 8.42 Å². The van der Waals surface area contributed by atoms with Crippen LogP contribution in [0, 0.1) is 19.8 Å². The number of sulfonamides is 1. The van der Waals surface area contributed by atoms with E-state index >= 15 is 0 Å². The Morgan fingerprint density at radius 1 is 1.05 bits per heavy atom. The SMILES string of the molecule is Cc1ccc(C)c(S(=O)(=O)N2CCCC3CCCCC32)c1. The second-order valence-electron chi connectivity index (χ2n) is 6.64. The van der Waals surface area contributed by atoms with Crippen LogP contribution < -0.4 is 0 Å². The molecule has 1 aromatic rings. The molecule has 1 saturated carbocycles. The summed E-state index contributed by atoms with van der Waals surface area (Å²) in [5, 5.41) is 0. The van der Waals surface area contributed by atoms with Crippen molar-refractivity contribution in [1.29, 1.82) is 0 Å². The Morgan fingerprint density at radius 2 is 1.76 bits per heavy atom. The topological polar surface area (TPSA) is 37.4 Å². The third-order valence-corrected chi connectivity index (χ3v) is 7.19. The maximum atomic E-state index is 13.1. The van der Waals surface area contributed by atoms with E-state index in [1.165, 1.54) is 25.7 Å². The summed E-state index contributed by atoms with van der Waals surface area (Å²) in [6.07, 6.45) is 6.87. The van der Waals surface area contributed by atoms with Crippen LogP contribution in [0.25, 0.3) is 0 Å². The van der Waals surface area contributed by atoms with E-state index in [2.05, 4.69) is 0 Å². The van der Waals surface area contributed by atoms with Crippen LogP contribution in [-0.4, -0.2) is 25.3 Å². The first-order chi connectivity index (χ1) is 10.00. The highest BCUT2D eigenvalue weighted by Gasteiger charge is 2.40. The molecule has 0 aromatic heterocycles. The zero-order chi connectivity index (χ0) is 15.0. The number of fused-ring (bicyclic) bond motifs is 1. The van der Waals surface area contributed by atoms with Gasteiger partial charge in [0, 0.05) is 12.6 Å². The van der Waals surface area contributed by atoms with Crippen molar-refractivity contribution in [3.8, 4) is 0 Å². The molecule has 3 rings (SSSR count). The van der Waals surface area contributed by atoms with Crippen LogP contribution in [0.3, 0.4) is 0 Å². The van der Waals surface area contributed by atoms with Crippen molar-refractivity contribution >= 4 is 10.0 Å². The summed E-state index contributed by atoms with van der Waals surface area (Å²) in [5.74, 6) is 0.576. The fraction of sp³-hybridized carbons (Fsp3) is 0.647. The largest absolute Gasteiger partial charge is 0.243 e. The molecular weight excluding hydrogens is 282 g/mol. The predicted octanol–water partition coefficient (Wildman–Crippen LogP) is 3.65. The van der Waals surface area contributed by atoms with Gasteiger partial charge in [0.15, 0.2) is 0 Å². The van der Waals surface area contributed by atoms with Gasteiger partial charge in [-0.2, -0.15) is 4.31 Å². The Bertz CT molecular complexity index is 622. The van der Waals surface area contributed by atoms with Gasteiger partial charge in [0.1, 0.15) is 0 Å². The van der Waals surface area contributed by atoms with E-state index < -0.39 is 10.0 Å². The van der Waals surface area contributed by atoms with E-state index in [0.29, 0.717) is 17.4 Å². The lowest BCUT2D eigenvalue weighted by Crippen LogP contribution is -2.49. The van der Waals surface area contributed by atoms with Crippen LogP contribution in [-0.2, 0) is 10.0 Å². The fourth-order valence-electron chi connectivity index (χ4n) is 3.99. The van der Waals surface area contributed by atoms with Crippen molar-refractivity contribution in [1.82, 2.24) is 4.31 Å². The minimum absolute atomic E-state index is 0.234. The van der Waals surface area contributed by atoms with Crippen LogP contribution in [0.2, 0.25) is 0 Å². The summed E-state index contributed by atoms with van der Waals surface area (Å²) in [5.41, 5.74) is 1.87. The number of nitrogens with zero attached hydrogens (tertiary/aromatic N) is 1. The van der Waals surface area contributed by atoms with Gasteiger partial charge in [-0.15, -0.1) is 0 Å². The number of hydrogen-bond donors (Lipinski definition) is 0. The van der Waals surface area contributed by atoms with E-state index in [1.807, 2.05) is 36.4 Å². The molecule has 2 atom stereocenters. The van der Waals surface area contributed by atoms with Crippen molar-refractivity contribution in [3.05, 3.63) is 29.3 Å². The number of rotatable bonds is 2. The average molecular weight is 307 g/mol. The fourth-order valence-corrected chi connectivity index (χ4v) is 6.05. The summed E-state index contributed by atoms with van der Waals surface area (Å²) in [4.78, 5) is 0.508. The van der Waals surface area contributed by atoms with Gasteiger partial charge < -0.3 is 0 Å². The maximum Gasteiger partial charge on any atom is 0.243 e. The minimum atomic E-state index is -3.35. The van der Waals surface area contributed by atoms with Crippen LogP contribution in [0.4, 0.5) is 0 Å². The monoisotopic (exact) mass is 307 g/mol. The maximum absolute atomic E-state index is 13.1. The number of hydrogen-bond acceptors (Lipinski definition) is 2. The molecule has 21 heavy (non-hydrogen) atoms. The molecule has 4 heteroatoms. The number of piperidine rings is 1. The second kappa shape index (κ2) is 5.73. The Hall–Kier alpha value is -0.870. The van der Waals surface area contributed by atoms with Crippen molar-refractivity contribution in [3.63, 3.8) is 0 Å². The first-order valence-electron chi connectivity index (χ1n) is 8.09. The predicted molar refractivity (Wildman–Crippen MR) is 84.8 cm³/mol. The van der Waals surface area contributed by atoms with Gasteiger partial charge in [-0.1, -0.05) is 25.0 Å². The van der Waals surface area contributed by atoms with Crippen molar-refractivity contribution in [2.24, 2.45) is 5.92 Å². The van der Waals surface area contributed by atoms with Gasteiger partial charge in [0.25, 0.3) is 0 Å². The van der Waals surface area contributed by atoms with Crippen molar-refractivity contribution in [2.75, 3.05) is 6.54 Å². The smallest absolute Gasteiger partial charge is 0.207 e. The normalized spacial score (nSPS) is 27.3. The van der Waals surface area contributed by atoms with E-state index in [0.717, 1.165) is 24.0 Å². The van der Waals surface area contributed by atoms with Gasteiger partial charge in [-0.05, 0) is 62.6 Å². The van der Waals surface area contributed by atoms with Gasteiger partial charge in [0.05, 0.1) is 4.90 Å². The molecule has 1 aliphatic carbocycles. The van der Waals surface area contributed by atoms with E-state index in [9.17, 15) is 8.42 Å². The summed E-state index contributed by atoms with van der Waals surface area (Å²) < 4.78 is 28.1. The quantitative estimate of drug-likeness (QED) is 0.836. The number of benzene rings is 1. The van der Waals surface area contributed by atoms with Gasteiger partial charge in [0.2, 0.25) is 10.0 Å². The lowest BCUT2D eigenvalue weighted by atomic mass is 9.79. The molecule has 0 spiro atoms. The highest BCUT2D eigenvalue weighted by Crippen LogP contribution is 2.38. The van der Waals surface area contributed by atoms with Crippen LogP contribution >= 0.6 is 0 Å². The third kappa shape index (κ3) is 2.76. The highest BCUT2D eigenvalue weighted by atomic mass is 32.2. The van der Waals surface area contributed by atoms with Crippen molar-refractivity contribution in [2.45, 2.75) is 63.3 Å². The van der Waals surface area contributed by atoms with E-state index in [1.54, 1.807) is 0 Å². The molecule has 3 nitrogen and oxygen atoms in total. The molecule has 1 heterocycles. The molecule has 2 aliphatic rings. The lowest BCUT2D eigenvalue weighted by Gasteiger charge is -2.43. The molecule has 0 amide bonds. The second-order valence-corrected chi connectivity index (χ2v) is 8.50. The molecule has 1 aliphatic heterocycles. The Morgan fingerprint density at radius 3 is 2.57 bits per heavy atom. The van der Waals surface area contributed by atoms with Gasteiger partial charge >= 0.3 is 0 Å². The van der Waals surface area contributed by atoms with Crippen LogP contribution in [0.1, 0.15) is 49.7 Å². The molecule has 116 valence electrons. The first-order valence-corrected chi connectivity index (χ1v) is 9.53. The van der Waals surface area contributed by atoms with Crippen LogP contribution in [0.15, 0.2) is 23.1 Å². The first kappa shape index (κ1) is 15.0. The van der Waals surface area contributed by atoms with Crippen LogP contribution in [0.5, 0.6) is 0 Å². The molecule has 0 N–H and O–H groups in total.